The minimum absolute atomic E-state index is 0.0619. The molecule has 0 spiro atoms. The van der Waals surface area contributed by atoms with Crippen molar-refractivity contribution in [1.82, 2.24) is 9.88 Å². The number of hydrogen-bond acceptors (Lipinski definition) is 4. The van der Waals surface area contributed by atoms with Crippen molar-refractivity contribution >= 4 is 11.7 Å². The van der Waals surface area contributed by atoms with E-state index in [1.54, 1.807) is 6.07 Å². The second kappa shape index (κ2) is 5.82. The molecule has 1 aliphatic rings. The first-order chi connectivity index (χ1) is 8.74. The molecule has 2 rings (SSSR count). The fourth-order valence-corrected chi connectivity index (χ4v) is 1.97. The van der Waals surface area contributed by atoms with Gasteiger partial charge < -0.3 is 15.0 Å². The first-order valence-electron chi connectivity index (χ1n) is 6.30. The van der Waals surface area contributed by atoms with Crippen molar-refractivity contribution in [3.8, 4) is 0 Å². The molecule has 5 nitrogen and oxygen atoms in total. The zero-order valence-electron chi connectivity index (χ0n) is 10.9. The normalized spacial score (nSPS) is 15.6. The lowest BCUT2D eigenvalue weighted by Gasteiger charge is -2.27. The van der Waals surface area contributed by atoms with Crippen molar-refractivity contribution in [1.29, 1.82) is 0 Å². The van der Waals surface area contributed by atoms with Crippen molar-refractivity contribution in [2.45, 2.75) is 13.3 Å². The van der Waals surface area contributed by atoms with E-state index in [4.69, 9.17) is 4.74 Å². The second-order valence-corrected chi connectivity index (χ2v) is 4.24. The molecule has 1 aromatic heterocycles. The average molecular weight is 249 g/mol. The van der Waals surface area contributed by atoms with Crippen LogP contribution in [0.1, 0.15) is 23.0 Å². The maximum absolute atomic E-state index is 12.4. The van der Waals surface area contributed by atoms with Gasteiger partial charge in [-0.3, -0.25) is 4.79 Å². The van der Waals surface area contributed by atoms with Gasteiger partial charge in [0.15, 0.2) is 0 Å². The smallest absolute Gasteiger partial charge is 0.254 e. The predicted molar refractivity (Wildman–Crippen MR) is 69.9 cm³/mol. The number of aryl methyl sites for hydroxylation is 1. The van der Waals surface area contributed by atoms with Crippen LogP contribution in [0.15, 0.2) is 12.1 Å². The fraction of sp³-hybridized carbons (Fsp3) is 0.538. The molecule has 1 fully saturated rings. The molecular weight excluding hydrogens is 230 g/mol. The Labute approximate surface area is 107 Å². The Morgan fingerprint density at radius 3 is 2.78 bits per heavy atom. The van der Waals surface area contributed by atoms with Gasteiger partial charge in [0.2, 0.25) is 0 Å². The number of pyridine rings is 1. The number of amides is 1. The summed E-state index contributed by atoms with van der Waals surface area (Å²) in [5.74, 6) is 0.804. The quantitative estimate of drug-likeness (QED) is 0.873. The molecule has 1 amide bonds. The number of rotatable bonds is 3. The number of carbonyl (C=O) groups excluding carboxylic acids is 1. The Morgan fingerprint density at radius 1 is 1.44 bits per heavy atom. The summed E-state index contributed by atoms with van der Waals surface area (Å²) in [4.78, 5) is 18.6. The zero-order chi connectivity index (χ0) is 13.0. The van der Waals surface area contributed by atoms with E-state index in [0.29, 0.717) is 31.9 Å². The summed E-state index contributed by atoms with van der Waals surface area (Å²) in [5, 5.41) is 2.99. The molecule has 18 heavy (non-hydrogen) atoms. The number of ether oxygens (including phenoxy) is 1. The number of carbonyl (C=O) groups is 1. The first kappa shape index (κ1) is 12.8. The van der Waals surface area contributed by atoms with Gasteiger partial charge >= 0.3 is 0 Å². The predicted octanol–water partition coefficient (Wildman–Crippen LogP) is 1.16. The van der Waals surface area contributed by atoms with E-state index in [1.807, 2.05) is 24.9 Å². The van der Waals surface area contributed by atoms with Gasteiger partial charge in [-0.2, -0.15) is 0 Å². The van der Waals surface area contributed by atoms with Crippen molar-refractivity contribution in [2.24, 2.45) is 0 Å². The van der Waals surface area contributed by atoms with Gasteiger partial charge in [-0.1, -0.05) is 6.92 Å². The highest BCUT2D eigenvalue weighted by Gasteiger charge is 2.19. The van der Waals surface area contributed by atoms with E-state index in [9.17, 15) is 4.79 Å². The molecule has 1 N–H and O–H groups in total. The zero-order valence-corrected chi connectivity index (χ0v) is 10.9. The molecular formula is C13H19N3O2. The van der Waals surface area contributed by atoms with E-state index in [0.717, 1.165) is 17.9 Å². The van der Waals surface area contributed by atoms with Crippen LogP contribution in [0.5, 0.6) is 0 Å². The minimum atomic E-state index is 0.0619. The summed E-state index contributed by atoms with van der Waals surface area (Å²) in [7, 11) is 1.81. The number of morpholine rings is 1. The number of nitrogens with zero attached hydrogens (tertiary/aromatic N) is 2. The van der Waals surface area contributed by atoms with Crippen LogP contribution in [0.4, 0.5) is 5.82 Å². The van der Waals surface area contributed by atoms with Crippen molar-refractivity contribution < 1.29 is 9.53 Å². The van der Waals surface area contributed by atoms with Crippen molar-refractivity contribution in [3.63, 3.8) is 0 Å². The maximum Gasteiger partial charge on any atom is 0.254 e. The molecule has 0 aromatic carbocycles. The summed E-state index contributed by atoms with van der Waals surface area (Å²) in [6.07, 6.45) is 0.818. The van der Waals surface area contributed by atoms with Crippen LogP contribution in [0.3, 0.4) is 0 Å². The third-order valence-corrected chi connectivity index (χ3v) is 3.04. The lowest BCUT2D eigenvalue weighted by atomic mass is 10.1. The summed E-state index contributed by atoms with van der Waals surface area (Å²) < 4.78 is 5.26. The van der Waals surface area contributed by atoms with Crippen LogP contribution in [-0.4, -0.2) is 49.1 Å². The Kier molecular flexibility index (Phi) is 4.15. The fourth-order valence-electron chi connectivity index (χ4n) is 1.97. The molecule has 5 heteroatoms. The molecule has 1 aliphatic heterocycles. The van der Waals surface area contributed by atoms with Gasteiger partial charge in [0.25, 0.3) is 5.91 Å². The highest BCUT2D eigenvalue weighted by atomic mass is 16.5. The van der Waals surface area contributed by atoms with Crippen molar-refractivity contribution in [3.05, 3.63) is 23.4 Å². The molecule has 1 aromatic rings. The molecule has 0 aliphatic carbocycles. The highest BCUT2D eigenvalue weighted by Crippen LogP contribution is 2.14. The number of anilines is 1. The van der Waals surface area contributed by atoms with Crippen molar-refractivity contribution in [2.75, 3.05) is 38.7 Å². The van der Waals surface area contributed by atoms with E-state index < -0.39 is 0 Å². The molecule has 1 saturated heterocycles. The Hall–Kier alpha value is -1.62. The standard InChI is InChI=1S/C13H19N3O2/c1-3-11-8-10(9-12(14-2)15-11)13(17)16-4-6-18-7-5-16/h8-9H,3-7H2,1-2H3,(H,14,15). The second-order valence-electron chi connectivity index (χ2n) is 4.24. The van der Waals surface area contributed by atoms with Crippen LogP contribution in [0.2, 0.25) is 0 Å². The SMILES string of the molecule is CCc1cc(C(=O)N2CCOCC2)cc(NC)n1. The minimum Gasteiger partial charge on any atom is -0.378 e. The largest absolute Gasteiger partial charge is 0.378 e. The number of nitrogens with one attached hydrogen (secondary N) is 1. The molecule has 98 valence electrons. The average Bonchev–Trinajstić information content (AvgIpc) is 2.46. The van der Waals surface area contributed by atoms with Gasteiger partial charge in [0.05, 0.1) is 13.2 Å². The van der Waals surface area contributed by atoms with Crippen LogP contribution >= 0.6 is 0 Å². The van der Waals surface area contributed by atoms with Crippen LogP contribution in [0, 0.1) is 0 Å². The van der Waals surface area contributed by atoms with E-state index in [-0.39, 0.29) is 5.91 Å². The lowest BCUT2D eigenvalue weighted by Crippen LogP contribution is -2.40. The molecule has 2 heterocycles. The Morgan fingerprint density at radius 2 is 2.17 bits per heavy atom. The van der Waals surface area contributed by atoms with Gasteiger partial charge in [0.1, 0.15) is 5.82 Å². The number of aromatic nitrogens is 1. The van der Waals surface area contributed by atoms with E-state index in [1.165, 1.54) is 0 Å². The monoisotopic (exact) mass is 249 g/mol. The molecule has 0 bridgehead atoms. The summed E-state index contributed by atoms with van der Waals surface area (Å²) in [6.45, 7) is 4.60. The van der Waals surface area contributed by atoms with Crippen LogP contribution in [-0.2, 0) is 11.2 Å². The third kappa shape index (κ3) is 2.79. The van der Waals surface area contributed by atoms with Crippen LogP contribution < -0.4 is 5.32 Å². The van der Waals surface area contributed by atoms with E-state index >= 15 is 0 Å². The summed E-state index contributed by atoms with van der Waals surface area (Å²) >= 11 is 0. The van der Waals surface area contributed by atoms with Gasteiger partial charge in [-0.05, 0) is 18.6 Å². The van der Waals surface area contributed by atoms with E-state index in [2.05, 4.69) is 10.3 Å². The third-order valence-electron chi connectivity index (χ3n) is 3.04. The topological polar surface area (TPSA) is 54.5 Å². The lowest BCUT2D eigenvalue weighted by molar-refractivity contribution is 0.0303. The summed E-state index contributed by atoms with van der Waals surface area (Å²) in [5.41, 5.74) is 1.63. The molecule has 0 radical (unpaired) electrons. The number of hydrogen-bond donors (Lipinski definition) is 1. The molecule has 0 unspecified atom stereocenters. The first-order valence-corrected chi connectivity index (χ1v) is 6.30. The van der Waals surface area contributed by atoms with Gasteiger partial charge in [-0.25, -0.2) is 4.98 Å². The summed E-state index contributed by atoms with van der Waals surface area (Å²) in [6, 6.07) is 3.68. The molecule has 0 saturated carbocycles. The van der Waals surface area contributed by atoms with Gasteiger partial charge in [0, 0.05) is 31.4 Å². The Balaban J connectivity index is 2.22. The molecule has 0 atom stereocenters. The van der Waals surface area contributed by atoms with Gasteiger partial charge in [-0.15, -0.1) is 0 Å². The van der Waals surface area contributed by atoms with Crippen LogP contribution in [0.25, 0.3) is 0 Å². The Bertz CT molecular complexity index is 406. The highest BCUT2D eigenvalue weighted by molar-refractivity contribution is 5.95. The maximum atomic E-state index is 12.4.